The molecule has 22 heavy (non-hydrogen) atoms. The van der Waals surface area contributed by atoms with E-state index in [9.17, 15) is 4.79 Å². The van der Waals surface area contributed by atoms with E-state index < -0.39 is 5.97 Å². The van der Waals surface area contributed by atoms with Crippen LogP contribution in [0.15, 0.2) is 28.9 Å². The molecular formula is C17H19NO4. The fourth-order valence-electron chi connectivity index (χ4n) is 2.87. The first-order valence-corrected chi connectivity index (χ1v) is 7.45. The van der Waals surface area contributed by atoms with Crippen molar-refractivity contribution >= 4 is 17.9 Å². The van der Waals surface area contributed by atoms with Crippen LogP contribution in [-0.2, 0) is 9.53 Å². The topological polar surface area (TPSA) is 57.1 Å². The van der Waals surface area contributed by atoms with Gasteiger partial charge in [-0.2, -0.15) is 0 Å². The Morgan fingerprint density at radius 1 is 1.23 bits per heavy atom. The number of ether oxygens (including phenoxy) is 3. The summed E-state index contributed by atoms with van der Waals surface area (Å²) in [4.78, 5) is 16.4. The summed E-state index contributed by atoms with van der Waals surface area (Å²) in [6.45, 7) is 0. The summed E-state index contributed by atoms with van der Waals surface area (Å²) in [5.74, 6) is 1.80. The fourth-order valence-corrected chi connectivity index (χ4v) is 2.87. The smallest absolute Gasteiger partial charge is 0.363 e. The van der Waals surface area contributed by atoms with E-state index in [4.69, 9.17) is 14.2 Å². The third kappa shape index (κ3) is 2.84. The number of nitrogens with zero attached hydrogens (tertiary/aromatic N) is 1. The van der Waals surface area contributed by atoms with Crippen LogP contribution < -0.4 is 9.47 Å². The van der Waals surface area contributed by atoms with Gasteiger partial charge in [-0.1, -0.05) is 12.8 Å². The number of carbonyl (C=O) groups excluding carboxylic acids is 1. The molecule has 0 spiro atoms. The number of hydrogen-bond donors (Lipinski definition) is 0. The van der Waals surface area contributed by atoms with Crippen LogP contribution in [0.1, 0.15) is 31.2 Å². The number of methoxy groups -OCH3 is 2. The van der Waals surface area contributed by atoms with Crippen LogP contribution >= 0.6 is 0 Å². The van der Waals surface area contributed by atoms with Gasteiger partial charge in [0.15, 0.2) is 5.70 Å². The summed E-state index contributed by atoms with van der Waals surface area (Å²) in [6, 6.07) is 5.41. The van der Waals surface area contributed by atoms with Gasteiger partial charge in [-0.25, -0.2) is 9.79 Å². The highest BCUT2D eigenvalue weighted by molar-refractivity contribution is 6.08. The maximum atomic E-state index is 12.0. The molecule has 1 saturated carbocycles. The van der Waals surface area contributed by atoms with Crippen molar-refractivity contribution < 1.29 is 19.0 Å². The number of rotatable bonds is 4. The Bertz CT molecular complexity index is 642. The molecule has 1 aromatic carbocycles. The minimum atomic E-state index is -0.397. The molecule has 0 unspecified atom stereocenters. The van der Waals surface area contributed by atoms with Gasteiger partial charge in [0, 0.05) is 11.5 Å². The molecule has 1 fully saturated rings. The lowest BCUT2D eigenvalue weighted by molar-refractivity contribution is -0.130. The first-order chi connectivity index (χ1) is 10.7. The second kappa shape index (κ2) is 6.22. The zero-order chi connectivity index (χ0) is 15.5. The zero-order valence-corrected chi connectivity index (χ0v) is 12.8. The van der Waals surface area contributed by atoms with E-state index in [1.54, 1.807) is 32.4 Å². The summed E-state index contributed by atoms with van der Waals surface area (Å²) >= 11 is 0. The van der Waals surface area contributed by atoms with Crippen molar-refractivity contribution in [3.8, 4) is 11.5 Å². The number of carbonyl (C=O) groups is 1. The summed E-state index contributed by atoms with van der Waals surface area (Å²) < 4.78 is 15.9. The molecule has 116 valence electrons. The van der Waals surface area contributed by atoms with Crippen LogP contribution in [0.25, 0.3) is 6.08 Å². The van der Waals surface area contributed by atoms with E-state index in [1.807, 2.05) is 6.07 Å². The van der Waals surface area contributed by atoms with E-state index in [-0.39, 0.29) is 5.92 Å². The molecule has 5 heteroatoms. The molecule has 0 bridgehead atoms. The number of cyclic esters (lactones) is 1. The zero-order valence-electron chi connectivity index (χ0n) is 12.8. The summed E-state index contributed by atoms with van der Waals surface area (Å²) in [7, 11) is 3.18. The van der Waals surface area contributed by atoms with E-state index in [0.717, 1.165) is 18.4 Å². The number of esters is 1. The lowest BCUT2D eigenvalue weighted by Gasteiger charge is -2.07. The third-order valence-corrected chi connectivity index (χ3v) is 4.07. The van der Waals surface area contributed by atoms with Crippen LogP contribution in [0.4, 0.5) is 0 Å². The maximum Gasteiger partial charge on any atom is 0.363 e. The molecule has 2 aliphatic rings. The molecule has 0 aromatic heterocycles. The van der Waals surface area contributed by atoms with Gasteiger partial charge in [-0.05, 0) is 37.1 Å². The van der Waals surface area contributed by atoms with E-state index in [1.165, 1.54) is 12.8 Å². The second-order valence-electron chi connectivity index (χ2n) is 5.46. The van der Waals surface area contributed by atoms with Crippen LogP contribution in [0.2, 0.25) is 0 Å². The summed E-state index contributed by atoms with van der Waals surface area (Å²) in [5.41, 5.74) is 1.05. The number of hydrogen-bond acceptors (Lipinski definition) is 5. The number of benzene rings is 1. The first kappa shape index (κ1) is 14.6. The van der Waals surface area contributed by atoms with Gasteiger partial charge >= 0.3 is 5.97 Å². The van der Waals surface area contributed by atoms with E-state index in [2.05, 4.69) is 4.99 Å². The molecule has 1 aromatic rings. The molecule has 1 aliphatic carbocycles. The predicted molar refractivity (Wildman–Crippen MR) is 83.0 cm³/mol. The molecule has 0 saturated heterocycles. The Kier molecular flexibility index (Phi) is 4.13. The lowest BCUT2D eigenvalue weighted by Crippen LogP contribution is -2.12. The van der Waals surface area contributed by atoms with Gasteiger partial charge in [0.1, 0.15) is 11.5 Å². The standard InChI is InChI=1S/C17H19NO4/c1-20-13-7-8-15(21-2)12(9-13)10-14-17(19)22-16(18-14)11-5-3-4-6-11/h7-11H,3-6H2,1-2H3/b14-10-. The molecule has 0 amide bonds. The van der Waals surface area contributed by atoms with Crippen LogP contribution in [0.5, 0.6) is 11.5 Å². The van der Waals surface area contributed by atoms with Crippen molar-refractivity contribution in [1.29, 1.82) is 0 Å². The maximum absolute atomic E-state index is 12.0. The average Bonchev–Trinajstić information content (AvgIpc) is 3.17. The summed E-state index contributed by atoms with van der Waals surface area (Å²) in [6.07, 6.45) is 6.11. The SMILES string of the molecule is COc1ccc(OC)c(/C=C2\N=C(C3CCCC3)OC2=O)c1. The Balaban J connectivity index is 1.92. The second-order valence-corrected chi connectivity index (χ2v) is 5.46. The molecule has 0 radical (unpaired) electrons. The quantitative estimate of drug-likeness (QED) is 0.633. The predicted octanol–water partition coefficient (Wildman–Crippen LogP) is 3.19. The van der Waals surface area contributed by atoms with Crippen LogP contribution in [0, 0.1) is 5.92 Å². The van der Waals surface area contributed by atoms with Crippen molar-refractivity contribution in [2.45, 2.75) is 25.7 Å². The Labute approximate surface area is 129 Å². The van der Waals surface area contributed by atoms with Gasteiger partial charge in [-0.15, -0.1) is 0 Å². The lowest BCUT2D eigenvalue weighted by atomic mass is 10.1. The Morgan fingerprint density at radius 2 is 2.00 bits per heavy atom. The van der Waals surface area contributed by atoms with Gasteiger partial charge in [-0.3, -0.25) is 0 Å². The van der Waals surface area contributed by atoms with Gasteiger partial charge < -0.3 is 14.2 Å². The molecule has 0 atom stereocenters. The molecule has 1 aliphatic heterocycles. The Morgan fingerprint density at radius 3 is 2.68 bits per heavy atom. The van der Waals surface area contributed by atoms with Crippen LogP contribution in [-0.4, -0.2) is 26.1 Å². The van der Waals surface area contributed by atoms with Crippen molar-refractivity contribution in [2.24, 2.45) is 10.9 Å². The fraction of sp³-hybridized carbons (Fsp3) is 0.412. The van der Waals surface area contributed by atoms with Gasteiger partial charge in [0.25, 0.3) is 0 Å². The highest BCUT2D eigenvalue weighted by atomic mass is 16.6. The van der Waals surface area contributed by atoms with Gasteiger partial charge in [0.05, 0.1) is 14.2 Å². The molecule has 1 heterocycles. The van der Waals surface area contributed by atoms with Crippen molar-refractivity contribution in [1.82, 2.24) is 0 Å². The summed E-state index contributed by atoms with van der Waals surface area (Å²) in [5, 5.41) is 0. The highest BCUT2D eigenvalue weighted by Crippen LogP contribution is 2.32. The highest BCUT2D eigenvalue weighted by Gasteiger charge is 2.31. The van der Waals surface area contributed by atoms with Crippen molar-refractivity contribution in [2.75, 3.05) is 14.2 Å². The average molecular weight is 301 g/mol. The minimum Gasteiger partial charge on any atom is -0.497 e. The number of aliphatic imine (C=N–C) groups is 1. The van der Waals surface area contributed by atoms with E-state index >= 15 is 0 Å². The molecule has 0 N–H and O–H groups in total. The largest absolute Gasteiger partial charge is 0.497 e. The first-order valence-electron chi connectivity index (χ1n) is 7.45. The van der Waals surface area contributed by atoms with Crippen molar-refractivity contribution in [3.05, 3.63) is 29.5 Å². The van der Waals surface area contributed by atoms with Crippen molar-refractivity contribution in [3.63, 3.8) is 0 Å². The minimum absolute atomic E-state index is 0.280. The third-order valence-electron chi connectivity index (χ3n) is 4.07. The monoisotopic (exact) mass is 301 g/mol. The normalized spacial score (nSPS) is 20.2. The molecular weight excluding hydrogens is 282 g/mol. The molecule has 5 nitrogen and oxygen atoms in total. The van der Waals surface area contributed by atoms with E-state index in [0.29, 0.717) is 23.1 Å². The van der Waals surface area contributed by atoms with Crippen LogP contribution in [0.3, 0.4) is 0 Å². The Hall–Kier alpha value is -2.30. The van der Waals surface area contributed by atoms with Gasteiger partial charge in [0.2, 0.25) is 5.90 Å². The molecule has 3 rings (SSSR count).